The Hall–Kier alpha value is -3.28. The molecule has 32 heavy (non-hydrogen) atoms. The average Bonchev–Trinajstić information content (AvgIpc) is 3.13. The van der Waals surface area contributed by atoms with E-state index in [-0.39, 0.29) is 5.78 Å². The fourth-order valence-corrected chi connectivity index (χ4v) is 4.29. The number of hydrogen-bond acceptors (Lipinski definition) is 5. The van der Waals surface area contributed by atoms with Crippen molar-refractivity contribution in [3.05, 3.63) is 93.2 Å². The Bertz CT molecular complexity index is 1230. The third kappa shape index (κ3) is 3.74. The van der Waals surface area contributed by atoms with E-state index in [1.165, 1.54) is 0 Å². The van der Waals surface area contributed by atoms with Gasteiger partial charge in [-0.05, 0) is 48.4 Å². The number of aryl methyl sites for hydroxylation is 1. The van der Waals surface area contributed by atoms with Crippen LogP contribution in [0, 0.1) is 6.92 Å². The molecular weight excluding hydrogens is 426 g/mol. The summed E-state index contributed by atoms with van der Waals surface area (Å²) in [6.07, 6.45) is 1.75. The highest BCUT2D eigenvalue weighted by atomic mass is 35.5. The van der Waals surface area contributed by atoms with Gasteiger partial charge in [0.05, 0.1) is 18.2 Å². The van der Waals surface area contributed by atoms with Crippen LogP contribution in [0.4, 0.5) is 0 Å². The van der Waals surface area contributed by atoms with E-state index in [1.54, 1.807) is 25.3 Å². The van der Waals surface area contributed by atoms with Crippen molar-refractivity contribution in [2.45, 2.75) is 20.0 Å². The van der Waals surface area contributed by atoms with Gasteiger partial charge in [0.2, 0.25) is 5.78 Å². The van der Waals surface area contributed by atoms with Gasteiger partial charge in [0, 0.05) is 23.7 Å². The number of halogens is 1. The summed E-state index contributed by atoms with van der Waals surface area (Å²) in [5, 5.41) is 0.645. The van der Waals surface area contributed by atoms with E-state index in [2.05, 4.69) is 4.90 Å². The third-order valence-corrected chi connectivity index (χ3v) is 5.99. The van der Waals surface area contributed by atoms with Gasteiger partial charge < -0.3 is 14.2 Å². The maximum absolute atomic E-state index is 13.1. The Balaban J connectivity index is 1.46. The van der Waals surface area contributed by atoms with E-state index in [0.717, 1.165) is 33.8 Å². The second-order valence-electron chi connectivity index (χ2n) is 7.94. The summed E-state index contributed by atoms with van der Waals surface area (Å²) in [6.45, 7) is 3.63. The number of ketones is 1. The number of ether oxygens (including phenoxy) is 3. The van der Waals surface area contributed by atoms with Gasteiger partial charge in [0.15, 0.2) is 5.76 Å². The van der Waals surface area contributed by atoms with Crippen LogP contribution in [0.1, 0.15) is 32.6 Å². The molecule has 0 N–H and O–H groups in total. The standard InChI is InChI=1S/C26H22ClNO4/c1-16-11-22-20(14-28(15-31-22)13-18-5-3-4-6-21(18)30-2)26-24(16)25(29)23(32-26)12-17-7-9-19(27)10-8-17/h3-12H,13-15H2,1-2H3/b23-12-. The molecule has 5 rings (SSSR count). The van der Waals surface area contributed by atoms with Crippen molar-refractivity contribution in [2.75, 3.05) is 13.8 Å². The number of carbonyl (C=O) groups excluding carboxylic acids is 1. The molecule has 0 fully saturated rings. The maximum atomic E-state index is 13.1. The van der Waals surface area contributed by atoms with Crippen molar-refractivity contribution in [2.24, 2.45) is 0 Å². The number of rotatable bonds is 4. The third-order valence-electron chi connectivity index (χ3n) is 5.74. The smallest absolute Gasteiger partial charge is 0.232 e. The van der Waals surface area contributed by atoms with Crippen LogP contribution in [-0.2, 0) is 13.1 Å². The molecule has 3 aromatic carbocycles. The molecule has 162 valence electrons. The Morgan fingerprint density at radius 2 is 1.94 bits per heavy atom. The van der Waals surface area contributed by atoms with Crippen molar-refractivity contribution in [1.29, 1.82) is 0 Å². The summed E-state index contributed by atoms with van der Waals surface area (Å²) < 4.78 is 17.7. The lowest BCUT2D eigenvalue weighted by atomic mass is 9.98. The van der Waals surface area contributed by atoms with Crippen molar-refractivity contribution in [1.82, 2.24) is 4.90 Å². The number of benzene rings is 3. The molecule has 0 saturated heterocycles. The molecule has 0 unspecified atom stereocenters. The van der Waals surface area contributed by atoms with E-state index in [1.807, 2.05) is 49.4 Å². The van der Waals surface area contributed by atoms with Gasteiger partial charge in [-0.15, -0.1) is 0 Å². The zero-order valence-corrected chi connectivity index (χ0v) is 18.6. The minimum atomic E-state index is -0.114. The number of Topliss-reactive ketones (excluding diaryl/α,β-unsaturated/α-hetero) is 1. The number of allylic oxidation sites excluding steroid dienone is 1. The quantitative estimate of drug-likeness (QED) is 0.485. The Morgan fingerprint density at radius 3 is 2.72 bits per heavy atom. The van der Waals surface area contributed by atoms with Crippen LogP contribution in [0.15, 0.2) is 60.4 Å². The molecule has 0 aliphatic carbocycles. The summed E-state index contributed by atoms with van der Waals surface area (Å²) >= 11 is 5.98. The molecule has 0 radical (unpaired) electrons. The number of methoxy groups -OCH3 is 1. The molecule has 2 aliphatic heterocycles. The van der Waals surface area contributed by atoms with Crippen molar-refractivity contribution in [3.8, 4) is 17.2 Å². The normalized spacial score (nSPS) is 16.3. The number of nitrogens with zero attached hydrogens (tertiary/aromatic N) is 1. The van der Waals surface area contributed by atoms with Gasteiger partial charge >= 0.3 is 0 Å². The number of fused-ring (bicyclic) bond motifs is 3. The van der Waals surface area contributed by atoms with Crippen molar-refractivity contribution < 1.29 is 19.0 Å². The first kappa shape index (κ1) is 20.6. The first-order valence-corrected chi connectivity index (χ1v) is 10.7. The number of carbonyl (C=O) groups is 1. The largest absolute Gasteiger partial charge is 0.496 e. The summed E-state index contributed by atoms with van der Waals surface area (Å²) in [5.41, 5.74) is 4.27. The molecule has 0 aromatic heterocycles. The monoisotopic (exact) mass is 447 g/mol. The zero-order chi connectivity index (χ0) is 22.2. The van der Waals surface area contributed by atoms with Crippen LogP contribution in [0.2, 0.25) is 5.02 Å². The van der Waals surface area contributed by atoms with E-state index >= 15 is 0 Å². The highest BCUT2D eigenvalue weighted by Gasteiger charge is 2.35. The number of hydrogen-bond donors (Lipinski definition) is 0. The number of para-hydroxylation sites is 1. The molecule has 3 aromatic rings. The SMILES string of the molecule is COc1ccccc1CN1COc2cc(C)c3c(c2C1)O/C(=C\c1ccc(Cl)cc1)C3=O. The summed E-state index contributed by atoms with van der Waals surface area (Å²) in [7, 11) is 1.67. The van der Waals surface area contributed by atoms with Crippen molar-refractivity contribution >= 4 is 23.5 Å². The predicted octanol–water partition coefficient (Wildman–Crippen LogP) is 5.63. The maximum Gasteiger partial charge on any atom is 0.232 e. The van der Waals surface area contributed by atoms with Gasteiger partial charge in [-0.1, -0.05) is 41.9 Å². The fourth-order valence-electron chi connectivity index (χ4n) is 4.16. The highest BCUT2D eigenvalue weighted by Crippen LogP contribution is 2.44. The Morgan fingerprint density at radius 1 is 1.16 bits per heavy atom. The van der Waals surface area contributed by atoms with Crippen LogP contribution in [0.3, 0.4) is 0 Å². The van der Waals surface area contributed by atoms with Crippen LogP contribution >= 0.6 is 11.6 Å². The van der Waals surface area contributed by atoms with E-state index in [0.29, 0.717) is 41.9 Å². The van der Waals surface area contributed by atoms with Crippen LogP contribution in [0.25, 0.3) is 6.08 Å². The molecule has 0 amide bonds. The molecular formula is C26H22ClNO4. The van der Waals surface area contributed by atoms with Gasteiger partial charge in [0.1, 0.15) is 24.0 Å². The van der Waals surface area contributed by atoms with Crippen LogP contribution in [0.5, 0.6) is 17.2 Å². The lowest BCUT2D eigenvalue weighted by Gasteiger charge is -2.30. The van der Waals surface area contributed by atoms with E-state index < -0.39 is 0 Å². The average molecular weight is 448 g/mol. The van der Waals surface area contributed by atoms with Gasteiger partial charge in [-0.3, -0.25) is 9.69 Å². The molecule has 2 heterocycles. The highest BCUT2D eigenvalue weighted by molar-refractivity contribution is 6.30. The van der Waals surface area contributed by atoms with Gasteiger partial charge in [-0.25, -0.2) is 0 Å². The topological polar surface area (TPSA) is 48.0 Å². The molecule has 0 atom stereocenters. The fraction of sp³-hybridized carbons (Fsp3) is 0.192. The van der Waals surface area contributed by atoms with Gasteiger partial charge in [0.25, 0.3) is 0 Å². The molecule has 2 aliphatic rings. The predicted molar refractivity (Wildman–Crippen MR) is 123 cm³/mol. The lowest BCUT2D eigenvalue weighted by Crippen LogP contribution is -2.32. The van der Waals surface area contributed by atoms with Crippen LogP contribution in [-0.4, -0.2) is 24.5 Å². The molecule has 0 bridgehead atoms. The second kappa shape index (κ2) is 8.34. The summed E-state index contributed by atoms with van der Waals surface area (Å²) in [4.78, 5) is 15.3. The molecule has 5 nitrogen and oxygen atoms in total. The van der Waals surface area contributed by atoms with Crippen molar-refractivity contribution in [3.63, 3.8) is 0 Å². The Kier molecular flexibility index (Phi) is 5.37. The minimum Gasteiger partial charge on any atom is -0.496 e. The first-order chi connectivity index (χ1) is 15.5. The van der Waals surface area contributed by atoms with E-state index in [4.69, 9.17) is 25.8 Å². The zero-order valence-electron chi connectivity index (χ0n) is 17.9. The first-order valence-electron chi connectivity index (χ1n) is 10.4. The van der Waals surface area contributed by atoms with E-state index in [9.17, 15) is 4.79 Å². The second-order valence-corrected chi connectivity index (χ2v) is 8.37. The van der Waals surface area contributed by atoms with Crippen LogP contribution < -0.4 is 14.2 Å². The molecule has 0 saturated carbocycles. The minimum absolute atomic E-state index is 0.114. The Labute approximate surface area is 191 Å². The van der Waals surface area contributed by atoms with Gasteiger partial charge in [-0.2, -0.15) is 0 Å². The summed E-state index contributed by atoms with van der Waals surface area (Å²) in [5.74, 6) is 2.39. The molecule has 0 spiro atoms. The lowest BCUT2D eigenvalue weighted by molar-refractivity contribution is 0.0864. The summed E-state index contributed by atoms with van der Waals surface area (Å²) in [6, 6.07) is 17.2. The molecule has 6 heteroatoms.